The highest BCUT2D eigenvalue weighted by atomic mass is 19.3. The zero-order valence-electron chi connectivity index (χ0n) is 12.9. The van der Waals surface area contributed by atoms with Crippen LogP contribution in [0.2, 0.25) is 0 Å². The minimum atomic E-state index is -3.16. The lowest BCUT2D eigenvalue weighted by molar-refractivity contribution is -0.107. The van der Waals surface area contributed by atoms with Crippen LogP contribution < -0.4 is 4.90 Å². The number of hydrogen-bond donors (Lipinski definition) is 2. The second-order valence-electron chi connectivity index (χ2n) is 4.97. The molecular formula is C17H14F3N3O2. The van der Waals surface area contributed by atoms with Crippen LogP contribution >= 0.6 is 0 Å². The van der Waals surface area contributed by atoms with Gasteiger partial charge in [0.2, 0.25) is 12.3 Å². The van der Waals surface area contributed by atoms with Crippen molar-refractivity contribution in [3.05, 3.63) is 65.5 Å². The zero-order chi connectivity index (χ0) is 18.4. The smallest absolute Gasteiger partial charge is 0.312 e. The molecule has 0 atom stereocenters. The van der Waals surface area contributed by atoms with Crippen LogP contribution in [0.5, 0.6) is 0 Å². The molecule has 2 N–H and O–H groups in total. The Morgan fingerprint density at radius 1 is 1.16 bits per heavy atom. The van der Waals surface area contributed by atoms with E-state index in [0.29, 0.717) is 12.1 Å². The topological polar surface area (TPSA) is 77.2 Å². The zero-order valence-corrected chi connectivity index (χ0v) is 12.9. The van der Waals surface area contributed by atoms with Crippen LogP contribution in [0.4, 0.5) is 18.9 Å². The molecule has 8 heteroatoms. The average Bonchev–Trinajstić information content (AvgIpc) is 2.61. The first-order chi connectivity index (χ1) is 11.9. The van der Waals surface area contributed by atoms with Gasteiger partial charge in [-0.1, -0.05) is 24.3 Å². The molecule has 5 nitrogen and oxygen atoms in total. The van der Waals surface area contributed by atoms with Crippen molar-refractivity contribution in [3.63, 3.8) is 0 Å². The average molecular weight is 349 g/mol. The minimum absolute atomic E-state index is 0.0410. The van der Waals surface area contributed by atoms with Crippen LogP contribution in [0.15, 0.2) is 48.5 Å². The SMILES string of the molecule is N=C(OC(=N)C(F)F)c1ccc(CN(C=O)c2ccccc2)c(F)c1. The number of rotatable bonds is 6. The molecule has 0 aromatic heterocycles. The number of benzene rings is 2. The summed E-state index contributed by atoms with van der Waals surface area (Å²) in [6, 6.07) is 12.2. The number of nitrogens with one attached hydrogen (secondary N) is 2. The van der Waals surface area contributed by atoms with Gasteiger partial charge in [0.05, 0.1) is 6.54 Å². The Labute approximate surface area is 141 Å². The van der Waals surface area contributed by atoms with Gasteiger partial charge < -0.3 is 9.64 Å². The predicted octanol–water partition coefficient (Wildman–Crippen LogP) is 3.57. The van der Waals surface area contributed by atoms with Gasteiger partial charge in [0.1, 0.15) is 5.82 Å². The van der Waals surface area contributed by atoms with Crippen LogP contribution in [0.1, 0.15) is 11.1 Å². The number of anilines is 1. The van der Waals surface area contributed by atoms with Crippen molar-refractivity contribution < 1.29 is 22.7 Å². The van der Waals surface area contributed by atoms with Crippen molar-refractivity contribution in [2.24, 2.45) is 0 Å². The molecule has 1 amide bonds. The molecule has 0 spiro atoms. The summed E-state index contributed by atoms with van der Waals surface area (Å²) in [7, 11) is 0. The summed E-state index contributed by atoms with van der Waals surface area (Å²) in [6.07, 6.45) is -2.59. The van der Waals surface area contributed by atoms with Crippen molar-refractivity contribution in [2.45, 2.75) is 13.0 Å². The number of amides is 1. The summed E-state index contributed by atoms with van der Waals surface area (Å²) < 4.78 is 43.0. The first-order valence-electron chi connectivity index (χ1n) is 7.11. The van der Waals surface area contributed by atoms with E-state index in [1.54, 1.807) is 30.3 Å². The molecule has 0 radical (unpaired) electrons. The third-order valence-electron chi connectivity index (χ3n) is 3.28. The number of nitrogens with zero attached hydrogens (tertiary/aromatic N) is 1. The number of para-hydroxylation sites is 1. The minimum Gasteiger partial charge on any atom is -0.419 e. The predicted molar refractivity (Wildman–Crippen MR) is 86.7 cm³/mol. The molecule has 0 heterocycles. The van der Waals surface area contributed by atoms with E-state index in [2.05, 4.69) is 4.74 Å². The third-order valence-corrected chi connectivity index (χ3v) is 3.28. The highest BCUT2D eigenvalue weighted by molar-refractivity contribution is 5.99. The van der Waals surface area contributed by atoms with Gasteiger partial charge in [0, 0.05) is 16.8 Å². The van der Waals surface area contributed by atoms with Crippen molar-refractivity contribution in [1.29, 1.82) is 10.8 Å². The Bertz CT molecular complexity index is 782. The Hall–Kier alpha value is -3.16. The summed E-state index contributed by atoms with van der Waals surface area (Å²) in [6.45, 7) is -0.0410. The molecule has 2 aromatic carbocycles. The summed E-state index contributed by atoms with van der Waals surface area (Å²) in [4.78, 5) is 12.5. The summed E-state index contributed by atoms with van der Waals surface area (Å²) >= 11 is 0. The van der Waals surface area contributed by atoms with Gasteiger partial charge in [0.15, 0.2) is 0 Å². The van der Waals surface area contributed by atoms with Crippen molar-refractivity contribution in [3.8, 4) is 0 Å². The normalized spacial score (nSPS) is 10.4. The molecule has 0 aliphatic carbocycles. The number of hydrogen-bond acceptors (Lipinski definition) is 4. The van der Waals surface area contributed by atoms with Gasteiger partial charge in [-0.3, -0.25) is 15.6 Å². The molecule has 2 rings (SSSR count). The van der Waals surface area contributed by atoms with Gasteiger partial charge in [-0.05, 0) is 24.3 Å². The largest absolute Gasteiger partial charge is 0.419 e. The number of alkyl halides is 2. The number of halogens is 3. The second-order valence-corrected chi connectivity index (χ2v) is 4.97. The number of ether oxygens (including phenoxy) is 1. The van der Waals surface area contributed by atoms with E-state index in [1.165, 1.54) is 17.0 Å². The fourth-order valence-corrected chi connectivity index (χ4v) is 2.02. The van der Waals surface area contributed by atoms with Crippen molar-refractivity contribution in [2.75, 3.05) is 4.90 Å². The molecule has 0 fully saturated rings. The fraction of sp³-hybridized carbons (Fsp3) is 0.118. The van der Waals surface area contributed by atoms with Crippen LogP contribution in [-0.2, 0) is 16.1 Å². The van der Waals surface area contributed by atoms with Gasteiger partial charge in [-0.2, -0.15) is 8.78 Å². The Kier molecular flexibility index (Phi) is 5.89. The standard InChI is InChI=1S/C17H14F3N3O2/c18-14-8-11(16(21)25-17(22)15(19)20)6-7-12(14)9-23(10-24)13-4-2-1-3-5-13/h1-8,10,15,21-22H,9H2. The van der Waals surface area contributed by atoms with Crippen LogP contribution in [0.25, 0.3) is 0 Å². The van der Waals surface area contributed by atoms with Gasteiger partial charge in [0.25, 0.3) is 5.90 Å². The van der Waals surface area contributed by atoms with Crippen LogP contribution in [0, 0.1) is 16.6 Å². The molecule has 0 bridgehead atoms. The highest BCUT2D eigenvalue weighted by Gasteiger charge is 2.17. The van der Waals surface area contributed by atoms with E-state index in [-0.39, 0.29) is 17.7 Å². The maximum atomic E-state index is 14.2. The summed E-state index contributed by atoms with van der Waals surface area (Å²) in [5.74, 6) is -2.87. The van der Waals surface area contributed by atoms with Crippen LogP contribution in [-0.4, -0.2) is 24.6 Å². The Balaban J connectivity index is 2.15. The number of carbonyl (C=O) groups is 1. The van der Waals surface area contributed by atoms with E-state index in [9.17, 15) is 18.0 Å². The highest BCUT2D eigenvalue weighted by Crippen LogP contribution is 2.18. The van der Waals surface area contributed by atoms with Gasteiger partial charge in [-0.25, -0.2) is 4.39 Å². The molecule has 0 unspecified atom stereocenters. The van der Waals surface area contributed by atoms with E-state index < -0.39 is 24.0 Å². The van der Waals surface area contributed by atoms with Gasteiger partial charge >= 0.3 is 6.43 Å². The Morgan fingerprint density at radius 2 is 1.84 bits per heavy atom. The lowest BCUT2D eigenvalue weighted by Crippen LogP contribution is -2.21. The van der Waals surface area contributed by atoms with Gasteiger partial charge in [-0.15, -0.1) is 0 Å². The molecule has 0 aliphatic rings. The number of carbonyl (C=O) groups excluding carboxylic acids is 1. The maximum absolute atomic E-state index is 14.2. The summed E-state index contributed by atoms with van der Waals surface area (Å²) in [5.41, 5.74) is 0.669. The van der Waals surface area contributed by atoms with E-state index >= 15 is 0 Å². The first kappa shape index (κ1) is 18.2. The molecule has 0 aliphatic heterocycles. The maximum Gasteiger partial charge on any atom is 0.312 e. The summed E-state index contributed by atoms with van der Waals surface area (Å²) in [5, 5.41) is 14.4. The quantitative estimate of drug-likeness (QED) is 0.475. The molecule has 2 aromatic rings. The second kappa shape index (κ2) is 8.09. The van der Waals surface area contributed by atoms with Crippen molar-refractivity contribution in [1.82, 2.24) is 0 Å². The fourth-order valence-electron chi connectivity index (χ4n) is 2.02. The molecular weight excluding hydrogens is 335 g/mol. The molecule has 0 saturated heterocycles. The van der Waals surface area contributed by atoms with E-state index in [0.717, 1.165) is 6.07 Å². The molecule has 25 heavy (non-hydrogen) atoms. The third kappa shape index (κ3) is 4.66. The first-order valence-corrected chi connectivity index (χ1v) is 7.11. The Morgan fingerprint density at radius 3 is 2.40 bits per heavy atom. The van der Waals surface area contributed by atoms with Crippen LogP contribution in [0.3, 0.4) is 0 Å². The molecule has 130 valence electrons. The lowest BCUT2D eigenvalue weighted by Gasteiger charge is -2.18. The van der Waals surface area contributed by atoms with Crippen molar-refractivity contribution >= 4 is 23.9 Å². The van der Waals surface area contributed by atoms with E-state index in [4.69, 9.17) is 10.8 Å². The van der Waals surface area contributed by atoms with E-state index in [1.807, 2.05) is 0 Å². The molecule has 0 saturated carbocycles. The monoisotopic (exact) mass is 349 g/mol. The lowest BCUT2D eigenvalue weighted by atomic mass is 10.1.